The van der Waals surface area contributed by atoms with Crippen LogP contribution in [0, 0.1) is 6.92 Å². The summed E-state index contributed by atoms with van der Waals surface area (Å²) in [5.74, 6) is 0.578. The number of nitrogens with one attached hydrogen (secondary N) is 3. The van der Waals surface area contributed by atoms with E-state index in [1.165, 1.54) is 0 Å². The lowest BCUT2D eigenvalue weighted by molar-refractivity contribution is -0.124. The largest absolute Gasteiger partial charge is 0.354 e. The van der Waals surface area contributed by atoms with Crippen LogP contribution in [-0.4, -0.2) is 34.3 Å². The third-order valence-corrected chi connectivity index (χ3v) is 4.09. The van der Waals surface area contributed by atoms with Crippen LogP contribution in [0.3, 0.4) is 0 Å². The molecule has 2 heterocycles. The highest BCUT2D eigenvalue weighted by atomic mass is 16.2. The summed E-state index contributed by atoms with van der Waals surface area (Å²) < 4.78 is 1.86. The van der Waals surface area contributed by atoms with Gasteiger partial charge >= 0.3 is 6.03 Å². The van der Waals surface area contributed by atoms with Crippen LogP contribution >= 0.6 is 0 Å². The maximum absolute atomic E-state index is 12.2. The Morgan fingerprint density at radius 2 is 2.23 bits per heavy atom. The molecule has 0 bridgehead atoms. The number of rotatable bonds is 5. The summed E-state index contributed by atoms with van der Waals surface area (Å²) in [4.78, 5) is 23.9. The molecule has 3 amide bonds. The molecule has 3 N–H and O–H groups in total. The van der Waals surface area contributed by atoms with Crippen molar-refractivity contribution in [3.05, 3.63) is 11.8 Å². The van der Waals surface area contributed by atoms with Crippen LogP contribution < -0.4 is 16.0 Å². The van der Waals surface area contributed by atoms with Crippen molar-refractivity contribution < 1.29 is 9.59 Å². The first-order valence-corrected chi connectivity index (χ1v) is 7.96. The molecule has 2 rings (SSSR count). The highest BCUT2D eigenvalue weighted by Crippen LogP contribution is 2.23. The van der Waals surface area contributed by atoms with Crippen molar-refractivity contribution in [2.45, 2.75) is 58.5 Å². The van der Waals surface area contributed by atoms with Crippen LogP contribution in [0.25, 0.3) is 0 Å². The highest BCUT2D eigenvalue weighted by molar-refractivity contribution is 5.93. The van der Waals surface area contributed by atoms with Crippen LogP contribution in [0.5, 0.6) is 0 Å². The Morgan fingerprint density at radius 3 is 2.86 bits per heavy atom. The highest BCUT2D eigenvalue weighted by Gasteiger charge is 2.24. The number of carbonyl (C=O) groups excluding carboxylic acids is 2. The number of anilines is 1. The van der Waals surface area contributed by atoms with Crippen molar-refractivity contribution in [1.29, 1.82) is 0 Å². The quantitative estimate of drug-likeness (QED) is 0.777. The van der Waals surface area contributed by atoms with Gasteiger partial charge in [0, 0.05) is 12.1 Å². The first-order valence-electron chi connectivity index (χ1n) is 7.96. The number of aromatic nitrogens is 2. The molecular formula is C15H25N5O2. The summed E-state index contributed by atoms with van der Waals surface area (Å²) in [6.07, 6.45) is 5.19. The zero-order chi connectivity index (χ0) is 16.1. The average Bonchev–Trinajstić information content (AvgIpc) is 2.85. The Balaban J connectivity index is 2.05. The molecule has 1 fully saturated rings. The summed E-state index contributed by atoms with van der Waals surface area (Å²) in [6.45, 7) is 6.79. The molecule has 0 saturated carbocycles. The van der Waals surface area contributed by atoms with Gasteiger partial charge in [0.2, 0.25) is 5.91 Å². The molecule has 1 aliphatic heterocycles. The van der Waals surface area contributed by atoms with E-state index in [9.17, 15) is 9.59 Å². The molecule has 22 heavy (non-hydrogen) atoms. The summed E-state index contributed by atoms with van der Waals surface area (Å²) in [5, 5.41) is 12.7. The molecule has 0 spiro atoms. The molecule has 0 aliphatic carbocycles. The Hall–Kier alpha value is -2.05. The number of carbonyl (C=O) groups is 2. The predicted octanol–water partition coefficient (Wildman–Crippen LogP) is 1.95. The van der Waals surface area contributed by atoms with Crippen LogP contribution in [0.1, 0.15) is 51.1 Å². The molecule has 122 valence electrons. The second-order valence-corrected chi connectivity index (χ2v) is 5.68. The van der Waals surface area contributed by atoms with E-state index in [0.717, 1.165) is 24.8 Å². The van der Waals surface area contributed by atoms with Gasteiger partial charge in [0.05, 0.1) is 12.2 Å². The van der Waals surface area contributed by atoms with E-state index in [4.69, 9.17) is 0 Å². The first kappa shape index (κ1) is 16.3. The van der Waals surface area contributed by atoms with Crippen molar-refractivity contribution in [3.8, 4) is 0 Å². The number of aryl methyl sites for hydroxylation is 1. The lowest BCUT2D eigenvalue weighted by atomic mass is 10.1. The van der Waals surface area contributed by atoms with Gasteiger partial charge in [0.15, 0.2) is 0 Å². The van der Waals surface area contributed by atoms with E-state index >= 15 is 0 Å². The topological polar surface area (TPSA) is 88.1 Å². The minimum Gasteiger partial charge on any atom is -0.354 e. The molecular weight excluding hydrogens is 282 g/mol. The lowest BCUT2D eigenvalue weighted by Crippen LogP contribution is -2.51. The van der Waals surface area contributed by atoms with Gasteiger partial charge in [0.1, 0.15) is 11.9 Å². The van der Waals surface area contributed by atoms with Gasteiger partial charge in [-0.25, -0.2) is 9.48 Å². The summed E-state index contributed by atoms with van der Waals surface area (Å²) >= 11 is 0. The fraction of sp³-hybridized carbons (Fsp3) is 0.667. The second kappa shape index (κ2) is 7.29. The molecule has 0 aromatic carbocycles. The molecule has 1 saturated heterocycles. The van der Waals surface area contributed by atoms with Gasteiger partial charge in [-0.05, 0) is 32.6 Å². The molecule has 0 radical (unpaired) electrons. The summed E-state index contributed by atoms with van der Waals surface area (Å²) in [6, 6.07) is -0.571. The Bertz CT molecular complexity index is 536. The average molecular weight is 307 g/mol. The number of urea groups is 1. The minimum atomic E-state index is -0.460. The van der Waals surface area contributed by atoms with Gasteiger partial charge in [-0.1, -0.05) is 13.8 Å². The van der Waals surface area contributed by atoms with E-state index in [0.29, 0.717) is 18.8 Å². The fourth-order valence-corrected chi connectivity index (χ4v) is 2.73. The molecule has 1 aliphatic rings. The smallest absolute Gasteiger partial charge is 0.321 e. The van der Waals surface area contributed by atoms with Crippen molar-refractivity contribution in [2.75, 3.05) is 11.9 Å². The van der Waals surface area contributed by atoms with E-state index < -0.39 is 6.04 Å². The zero-order valence-corrected chi connectivity index (χ0v) is 13.5. The maximum Gasteiger partial charge on any atom is 0.321 e. The number of amides is 3. The SMILES string of the molecule is CCC(CC)n1ncc(C)c1NC(=O)N[C@@H]1CCCNC1=O. The number of piperidine rings is 1. The molecule has 1 aromatic rings. The van der Waals surface area contributed by atoms with Gasteiger partial charge < -0.3 is 10.6 Å². The van der Waals surface area contributed by atoms with E-state index in [1.807, 2.05) is 11.6 Å². The minimum absolute atomic E-state index is 0.119. The van der Waals surface area contributed by atoms with Gasteiger partial charge in [-0.3, -0.25) is 10.1 Å². The van der Waals surface area contributed by atoms with Crippen molar-refractivity contribution >= 4 is 17.8 Å². The molecule has 0 unspecified atom stereocenters. The van der Waals surface area contributed by atoms with E-state index in [2.05, 4.69) is 34.9 Å². The number of hydrogen-bond donors (Lipinski definition) is 3. The molecule has 7 nitrogen and oxygen atoms in total. The van der Waals surface area contributed by atoms with Crippen LogP contribution in [-0.2, 0) is 4.79 Å². The molecule has 1 aromatic heterocycles. The molecule has 1 atom stereocenters. The van der Waals surface area contributed by atoms with E-state index in [-0.39, 0.29) is 18.0 Å². The summed E-state index contributed by atoms with van der Waals surface area (Å²) in [7, 11) is 0. The summed E-state index contributed by atoms with van der Waals surface area (Å²) in [5.41, 5.74) is 0.912. The predicted molar refractivity (Wildman–Crippen MR) is 84.8 cm³/mol. The Morgan fingerprint density at radius 1 is 1.50 bits per heavy atom. The van der Waals surface area contributed by atoms with Crippen molar-refractivity contribution in [1.82, 2.24) is 20.4 Å². The zero-order valence-electron chi connectivity index (χ0n) is 13.5. The Kier molecular flexibility index (Phi) is 5.41. The third kappa shape index (κ3) is 3.58. The number of hydrogen-bond acceptors (Lipinski definition) is 3. The van der Waals surface area contributed by atoms with Crippen molar-refractivity contribution in [2.24, 2.45) is 0 Å². The number of nitrogens with zero attached hydrogens (tertiary/aromatic N) is 2. The monoisotopic (exact) mass is 307 g/mol. The first-order chi connectivity index (χ1) is 10.6. The lowest BCUT2D eigenvalue weighted by Gasteiger charge is -2.23. The van der Waals surface area contributed by atoms with Crippen LogP contribution in [0.2, 0.25) is 0 Å². The van der Waals surface area contributed by atoms with Crippen LogP contribution in [0.15, 0.2) is 6.20 Å². The fourth-order valence-electron chi connectivity index (χ4n) is 2.73. The van der Waals surface area contributed by atoms with E-state index in [1.54, 1.807) is 6.20 Å². The van der Waals surface area contributed by atoms with Crippen molar-refractivity contribution in [3.63, 3.8) is 0 Å². The second-order valence-electron chi connectivity index (χ2n) is 5.68. The maximum atomic E-state index is 12.2. The Labute approximate surface area is 130 Å². The molecule has 7 heteroatoms. The third-order valence-electron chi connectivity index (χ3n) is 4.09. The normalized spacial score (nSPS) is 18.2. The standard InChI is InChI=1S/C15H25N5O2/c1-4-11(5-2)20-13(10(3)9-17-20)19-15(22)18-12-7-6-8-16-14(12)21/h9,11-12H,4-8H2,1-3H3,(H,16,21)(H2,18,19,22)/t12-/m1/s1. The van der Waals surface area contributed by atoms with Gasteiger partial charge in [-0.15, -0.1) is 0 Å². The van der Waals surface area contributed by atoms with Crippen LogP contribution in [0.4, 0.5) is 10.6 Å². The van der Waals surface area contributed by atoms with Gasteiger partial charge in [-0.2, -0.15) is 5.10 Å². The van der Waals surface area contributed by atoms with Gasteiger partial charge in [0.25, 0.3) is 0 Å².